The molecule has 0 atom stereocenters. The predicted octanol–water partition coefficient (Wildman–Crippen LogP) is 2.23. The van der Waals surface area contributed by atoms with Crippen LogP contribution in [-0.4, -0.2) is 22.2 Å². The normalized spacial score (nSPS) is 10.7. The van der Waals surface area contributed by atoms with E-state index in [9.17, 15) is 4.79 Å². The average Bonchev–Trinajstić information content (AvgIpc) is 2.90. The molecule has 0 unspecified atom stereocenters. The number of halogens is 1. The van der Waals surface area contributed by atoms with Crippen LogP contribution in [0.1, 0.15) is 29.3 Å². The van der Waals surface area contributed by atoms with Gasteiger partial charge in [0.15, 0.2) is 0 Å². The topological polar surface area (TPSA) is 72.9 Å². The van der Waals surface area contributed by atoms with Gasteiger partial charge < -0.3 is 11.1 Å². The molecule has 0 aliphatic heterocycles. The van der Waals surface area contributed by atoms with Crippen molar-refractivity contribution >= 4 is 21.8 Å². The number of amides is 1. The van der Waals surface area contributed by atoms with E-state index in [0.717, 1.165) is 35.2 Å². The maximum Gasteiger partial charge on any atom is 0.251 e. The zero-order chi connectivity index (χ0) is 14.5. The Morgan fingerprint density at radius 2 is 2.30 bits per heavy atom. The van der Waals surface area contributed by atoms with Gasteiger partial charge in [-0.25, -0.2) is 4.68 Å². The van der Waals surface area contributed by atoms with Gasteiger partial charge in [0.2, 0.25) is 0 Å². The van der Waals surface area contributed by atoms with Crippen LogP contribution in [0.25, 0.3) is 5.69 Å². The van der Waals surface area contributed by atoms with E-state index in [4.69, 9.17) is 5.73 Å². The number of rotatable bonds is 6. The first-order valence-corrected chi connectivity index (χ1v) is 7.25. The zero-order valence-electron chi connectivity index (χ0n) is 11.3. The van der Waals surface area contributed by atoms with Gasteiger partial charge in [-0.05, 0) is 30.7 Å². The van der Waals surface area contributed by atoms with Crippen LogP contribution in [0.4, 0.5) is 0 Å². The molecule has 2 aromatic rings. The highest BCUT2D eigenvalue weighted by atomic mass is 79.9. The fourth-order valence-electron chi connectivity index (χ4n) is 1.88. The average molecular weight is 337 g/mol. The van der Waals surface area contributed by atoms with E-state index in [2.05, 4.69) is 33.3 Å². The molecule has 0 fully saturated rings. The van der Waals surface area contributed by atoms with Crippen LogP contribution in [0.5, 0.6) is 0 Å². The fraction of sp³-hybridized carbons (Fsp3) is 0.286. The lowest BCUT2D eigenvalue weighted by Crippen LogP contribution is -2.15. The summed E-state index contributed by atoms with van der Waals surface area (Å²) in [5.41, 5.74) is 7.70. The first-order valence-electron chi connectivity index (χ1n) is 6.45. The van der Waals surface area contributed by atoms with Gasteiger partial charge in [0.05, 0.1) is 17.4 Å². The summed E-state index contributed by atoms with van der Waals surface area (Å²) in [6, 6.07) is 6.00. The van der Waals surface area contributed by atoms with Gasteiger partial charge in [-0.2, -0.15) is 5.10 Å². The molecular weight excluding hydrogens is 320 g/mol. The molecule has 20 heavy (non-hydrogen) atoms. The second-order valence-corrected chi connectivity index (χ2v) is 5.40. The molecule has 5 nitrogen and oxygen atoms in total. The molecule has 0 aliphatic rings. The fourth-order valence-corrected chi connectivity index (χ4v) is 2.23. The number of aromatic nitrogens is 2. The first kappa shape index (κ1) is 14.7. The Hall–Kier alpha value is -1.66. The number of primary amides is 1. The van der Waals surface area contributed by atoms with Gasteiger partial charge in [0.25, 0.3) is 5.91 Å². The van der Waals surface area contributed by atoms with Crippen molar-refractivity contribution in [2.45, 2.75) is 19.9 Å². The van der Waals surface area contributed by atoms with Crippen LogP contribution in [0.3, 0.4) is 0 Å². The van der Waals surface area contributed by atoms with Gasteiger partial charge in [-0.1, -0.05) is 28.9 Å². The SMILES string of the molecule is CCCNCc1ccc(Br)cc1-n1cc(C(N)=O)cn1. The maximum absolute atomic E-state index is 11.2. The van der Waals surface area contributed by atoms with Crippen molar-refractivity contribution in [3.05, 3.63) is 46.2 Å². The molecule has 0 saturated carbocycles. The number of carbonyl (C=O) groups excluding carboxylic acids is 1. The van der Waals surface area contributed by atoms with Crippen molar-refractivity contribution in [3.63, 3.8) is 0 Å². The minimum absolute atomic E-state index is 0.400. The molecule has 1 heterocycles. The van der Waals surface area contributed by atoms with Crippen molar-refractivity contribution in [2.24, 2.45) is 5.73 Å². The second-order valence-electron chi connectivity index (χ2n) is 4.49. The quantitative estimate of drug-likeness (QED) is 0.794. The number of nitrogens with two attached hydrogens (primary N) is 1. The smallest absolute Gasteiger partial charge is 0.251 e. The van der Waals surface area contributed by atoms with Gasteiger partial charge in [0, 0.05) is 17.2 Å². The summed E-state index contributed by atoms with van der Waals surface area (Å²) >= 11 is 3.46. The summed E-state index contributed by atoms with van der Waals surface area (Å²) in [6.07, 6.45) is 4.21. The number of nitrogens with zero attached hydrogens (tertiary/aromatic N) is 2. The lowest BCUT2D eigenvalue weighted by Gasteiger charge is -2.11. The molecule has 0 aliphatic carbocycles. The van der Waals surface area contributed by atoms with Gasteiger partial charge in [-0.3, -0.25) is 4.79 Å². The van der Waals surface area contributed by atoms with Crippen LogP contribution in [0.2, 0.25) is 0 Å². The third-order valence-electron chi connectivity index (χ3n) is 2.90. The molecule has 0 radical (unpaired) electrons. The van der Waals surface area contributed by atoms with Crippen LogP contribution in [0, 0.1) is 0 Å². The molecule has 1 aromatic carbocycles. The summed E-state index contributed by atoms with van der Waals surface area (Å²) in [6.45, 7) is 3.84. The number of benzene rings is 1. The number of hydrogen-bond donors (Lipinski definition) is 2. The Kier molecular flexibility index (Phi) is 4.92. The number of carbonyl (C=O) groups is 1. The highest BCUT2D eigenvalue weighted by Gasteiger charge is 2.09. The van der Waals surface area contributed by atoms with E-state index in [-0.39, 0.29) is 0 Å². The molecule has 1 aromatic heterocycles. The summed E-state index contributed by atoms with van der Waals surface area (Å²) in [5.74, 6) is -0.475. The molecule has 0 saturated heterocycles. The van der Waals surface area contributed by atoms with E-state index < -0.39 is 5.91 Å². The van der Waals surface area contributed by atoms with Crippen molar-refractivity contribution in [3.8, 4) is 5.69 Å². The summed E-state index contributed by atoms with van der Waals surface area (Å²) < 4.78 is 2.64. The first-order chi connectivity index (χ1) is 9.61. The van der Waals surface area contributed by atoms with Gasteiger partial charge >= 0.3 is 0 Å². The summed E-state index contributed by atoms with van der Waals surface area (Å²) in [5, 5.41) is 7.57. The van der Waals surface area contributed by atoms with Gasteiger partial charge in [-0.15, -0.1) is 0 Å². The Balaban J connectivity index is 2.32. The molecular formula is C14H17BrN4O. The van der Waals surface area contributed by atoms with Crippen molar-refractivity contribution in [1.29, 1.82) is 0 Å². The second kappa shape index (κ2) is 6.67. The number of nitrogens with one attached hydrogen (secondary N) is 1. The van der Waals surface area contributed by atoms with Crippen molar-refractivity contribution in [1.82, 2.24) is 15.1 Å². The van der Waals surface area contributed by atoms with E-state index in [1.165, 1.54) is 6.20 Å². The predicted molar refractivity (Wildman–Crippen MR) is 81.8 cm³/mol. The molecule has 106 valence electrons. The van der Waals surface area contributed by atoms with E-state index in [0.29, 0.717) is 5.56 Å². The van der Waals surface area contributed by atoms with Crippen molar-refractivity contribution < 1.29 is 4.79 Å². The lowest BCUT2D eigenvalue weighted by atomic mass is 10.1. The Labute approximate surface area is 126 Å². The minimum Gasteiger partial charge on any atom is -0.366 e. The van der Waals surface area contributed by atoms with Crippen LogP contribution < -0.4 is 11.1 Å². The molecule has 2 rings (SSSR count). The van der Waals surface area contributed by atoms with Crippen LogP contribution in [0.15, 0.2) is 35.1 Å². The highest BCUT2D eigenvalue weighted by Crippen LogP contribution is 2.20. The maximum atomic E-state index is 11.2. The van der Waals surface area contributed by atoms with Crippen molar-refractivity contribution in [2.75, 3.05) is 6.54 Å². The zero-order valence-corrected chi connectivity index (χ0v) is 12.9. The molecule has 3 N–H and O–H groups in total. The highest BCUT2D eigenvalue weighted by molar-refractivity contribution is 9.10. The number of hydrogen-bond acceptors (Lipinski definition) is 3. The van der Waals surface area contributed by atoms with Gasteiger partial charge in [0.1, 0.15) is 0 Å². The largest absolute Gasteiger partial charge is 0.366 e. The van der Waals surface area contributed by atoms with E-state index >= 15 is 0 Å². The van der Waals surface area contributed by atoms with Crippen LogP contribution in [-0.2, 0) is 6.54 Å². The minimum atomic E-state index is -0.475. The molecule has 1 amide bonds. The van der Waals surface area contributed by atoms with E-state index in [1.807, 2.05) is 18.2 Å². The van der Waals surface area contributed by atoms with Crippen LogP contribution >= 0.6 is 15.9 Å². The molecule has 6 heteroatoms. The Morgan fingerprint density at radius 3 is 2.95 bits per heavy atom. The van der Waals surface area contributed by atoms with E-state index in [1.54, 1.807) is 10.9 Å². The monoisotopic (exact) mass is 336 g/mol. The summed E-state index contributed by atoms with van der Waals surface area (Å²) in [7, 11) is 0. The molecule has 0 bridgehead atoms. The summed E-state index contributed by atoms with van der Waals surface area (Å²) in [4.78, 5) is 11.2. The molecule has 0 spiro atoms. The lowest BCUT2D eigenvalue weighted by molar-refractivity contribution is 0.100. The third kappa shape index (κ3) is 3.46. The third-order valence-corrected chi connectivity index (χ3v) is 3.40. The Bertz CT molecular complexity index is 609. The Morgan fingerprint density at radius 1 is 1.50 bits per heavy atom. The standard InChI is InChI=1S/C14H17BrN4O/c1-2-5-17-7-10-3-4-12(15)6-13(10)19-9-11(8-18-19)14(16)20/h3-4,6,8-9,17H,2,5,7H2,1H3,(H2,16,20).